The zero-order valence-electron chi connectivity index (χ0n) is 15.8. The number of rotatable bonds is 2. The minimum Gasteiger partial charge on any atom is -0.300 e. The molecule has 0 spiro atoms. The third-order valence-electron chi connectivity index (χ3n) is 9.13. The lowest BCUT2D eigenvalue weighted by Gasteiger charge is -2.58. The molecule has 2 nitrogen and oxygen atoms in total. The molecule has 3 unspecified atom stereocenters. The van der Waals surface area contributed by atoms with Gasteiger partial charge in [0, 0.05) is 12.5 Å². The predicted molar refractivity (Wildman–Crippen MR) is 105 cm³/mol. The van der Waals surface area contributed by atoms with Crippen LogP contribution in [0.15, 0.2) is 11.6 Å². The highest BCUT2D eigenvalue weighted by Crippen LogP contribution is 2.65. The van der Waals surface area contributed by atoms with Gasteiger partial charge in [-0.05, 0) is 92.4 Å². The number of carbonyl (C=O) groups is 1. The van der Waals surface area contributed by atoms with E-state index in [1.54, 1.807) is 0 Å². The van der Waals surface area contributed by atoms with Crippen molar-refractivity contribution in [1.82, 2.24) is 5.32 Å². The average Bonchev–Trinajstić information content (AvgIpc) is 3.21. The van der Waals surface area contributed by atoms with Gasteiger partial charge in [-0.2, -0.15) is 12.6 Å². The van der Waals surface area contributed by atoms with Crippen molar-refractivity contribution >= 4 is 18.4 Å². The molecule has 4 fully saturated rings. The van der Waals surface area contributed by atoms with Crippen LogP contribution >= 0.6 is 12.6 Å². The van der Waals surface area contributed by atoms with Crippen LogP contribution in [0, 0.1) is 28.6 Å². The van der Waals surface area contributed by atoms with E-state index in [-0.39, 0.29) is 4.87 Å². The molecule has 0 aliphatic heterocycles. The van der Waals surface area contributed by atoms with Gasteiger partial charge < -0.3 is 0 Å². The Kier molecular flexibility index (Phi) is 3.63. The summed E-state index contributed by atoms with van der Waals surface area (Å²) in [6, 6.07) is 0.663. The van der Waals surface area contributed by atoms with Gasteiger partial charge in [-0.15, -0.1) is 0 Å². The van der Waals surface area contributed by atoms with Crippen LogP contribution in [0.2, 0.25) is 0 Å². The Labute approximate surface area is 158 Å². The summed E-state index contributed by atoms with van der Waals surface area (Å²) in [6.07, 6.45) is 14.3. The molecule has 0 amide bonds. The lowest BCUT2D eigenvalue weighted by atomic mass is 9.47. The normalized spacial score (nSPS) is 50.5. The van der Waals surface area contributed by atoms with Crippen molar-refractivity contribution < 1.29 is 4.79 Å². The van der Waals surface area contributed by atoms with Crippen LogP contribution in [0.5, 0.6) is 0 Å². The second-order valence-electron chi connectivity index (χ2n) is 10.3. The van der Waals surface area contributed by atoms with Crippen molar-refractivity contribution in [2.75, 3.05) is 0 Å². The third kappa shape index (κ3) is 2.44. The maximum atomic E-state index is 11.9. The van der Waals surface area contributed by atoms with Crippen molar-refractivity contribution in [1.29, 1.82) is 0 Å². The second-order valence-corrected chi connectivity index (χ2v) is 11.2. The number of hydrogen-bond acceptors (Lipinski definition) is 3. The van der Waals surface area contributed by atoms with Crippen LogP contribution in [-0.2, 0) is 4.79 Å². The van der Waals surface area contributed by atoms with Crippen molar-refractivity contribution in [3.8, 4) is 0 Å². The molecule has 0 heterocycles. The lowest BCUT2D eigenvalue weighted by Crippen LogP contribution is -2.54. The maximum Gasteiger partial charge on any atom is 0.155 e. The van der Waals surface area contributed by atoms with Crippen LogP contribution in [0.4, 0.5) is 0 Å². The largest absolute Gasteiger partial charge is 0.300 e. The van der Waals surface area contributed by atoms with E-state index >= 15 is 0 Å². The van der Waals surface area contributed by atoms with E-state index in [0.29, 0.717) is 22.7 Å². The fourth-order valence-corrected chi connectivity index (χ4v) is 7.65. The van der Waals surface area contributed by atoms with Crippen LogP contribution in [-0.4, -0.2) is 16.7 Å². The Hall–Kier alpha value is -0.280. The Morgan fingerprint density at radius 3 is 2.56 bits per heavy atom. The number of ketones is 1. The first-order valence-electron chi connectivity index (χ1n) is 10.6. The van der Waals surface area contributed by atoms with E-state index in [9.17, 15) is 4.79 Å². The topological polar surface area (TPSA) is 29.1 Å². The van der Waals surface area contributed by atoms with E-state index in [1.807, 2.05) is 6.08 Å². The Balaban J connectivity index is 1.42. The number of thiol groups is 1. The summed E-state index contributed by atoms with van der Waals surface area (Å²) < 4.78 is 0. The lowest BCUT2D eigenvalue weighted by molar-refractivity contribution is -0.117. The first-order valence-corrected chi connectivity index (χ1v) is 11.0. The standard InChI is InChI=1S/C22H33NOS/c1-20-9-7-15(24)13-14(20)3-4-16-17-5-6-19(23-22(25)11-12-22)21(17,2)10-8-18(16)20/h13,16-19,23,25H,3-12H2,1-2H3/t16?,17?,18?,19-,20-,21-/m0/s1. The molecule has 0 radical (unpaired) electrons. The summed E-state index contributed by atoms with van der Waals surface area (Å²) in [5.74, 6) is 2.93. The van der Waals surface area contributed by atoms with Crippen molar-refractivity contribution in [3.63, 3.8) is 0 Å². The highest BCUT2D eigenvalue weighted by Gasteiger charge is 2.60. The van der Waals surface area contributed by atoms with E-state index in [4.69, 9.17) is 12.6 Å². The van der Waals surface area contributed by atoms with Gasteiger partial charge in [0.2, 0.25) is 0 Å². The van der Waals surface area contributed by atoms with Gasteiger partial charge in [0.1, 0.15) is 0 Å². The number of carbonyl (C=O) groups excluding carboxylic acids is 1. The number of fused-ring (bicyclic) bond motifs is 5. The van der Waals surface area contributed by atoms with E-state index in [2.05, 4.69) is 19.2 Å². The highest BCUT2D eigenvalue weighted by molar-refractivity contribution is 7.82. The summed E-state index contributed by atoms with van der Waals surface area (Å²) in [7, 11) is 0. The smallest absolute Gasteiger partial charge is 0.155 e. The minimum atomic E-state index is 0.150. The van der Waals surface area contributed by atoms with Crippen molar-refractivity contribution in [3.05, 3.63) is 11.6 Å². The molecule has 0 aromatic heterocycles. The molecular formula is C22H33NOS. The van der Waals surface area contributed by atoms with Gasteiger partial charge in [-0.3, -0.25) is 10.1 Å². The number of allylic oxidation sites excluding steroid dienone is 1. The molecule has 0 aromatic rings. The monoisotopic (exact) mass is 359 g/mol. The van der Waals surface area contributed by atoms with Gasteiger partial charge in [-0.25, -0.2) is 0 Å². The Morgan fingerprint density at radius 2 is 1.80 bits per heavy atom. The fraction of sp³-hybridized carbons (Fsp3) is 0.864. The van der Waals surface area contributed by atoms with Gasteiger partial charge in [0.15, 0.2) is 5.78 Å². The van der Waals surface area contributed by atoms with Crippen molar-refractivity contribution in [2.24, 2.45) is 28.6 Å². The number of nitrogens with one attached hydrogen (secondary N) is 1. The molecule has 4 saturated carbocycles. The van der Waals surface area contributed by atoms with E-state index < -0.39 is 0 Å². The fourth-order valence-electron chi connectivity index (χ4n) is 7.38. The quantitative estimate of drug-likeness (QED) is 0.542. The molecule has 0 bridgehead atoms. The van der Waals surface area contributed by atoms with E-state index in [1.165, 1.54) is 56.9 Å². The molecule has 5 aliphatic rings. The van der Waals surface area contributed by atoms with Crippen LogP contribution < -0.4 is 5.32 Å². The zero-order chi connectivity index (χ0) is 17.4. The Morgan fingerprint density at radius 1 is 1.00 bits per heavy atom. The molecule has 0 aromatic carbocycles. The van der Waals surface area contributed by atoms with Crippen LogP contribution in [0.3, 0.4) is 0 Å². The molecule has 138 valence electrons. The first-order chi connectivity index (χ1) is 11.8. The zero-order valence-corrected chi connectivity index (χ0v) is 16.7. The number of hydrogen-bond donors (Lipinski definition) is 2. The van der Waals surface area contributed by atoms with Crippen molar-refractivity contribution in [2.45, 2.75) is 89.0 Å². The molecule has 5 rings (SSSR count). The van der Waals surface area contributed by atoms with Crippen LogP contribution in [0.1, 0.15) is 78.1 Å². The molecule has 0 saturated heterocycles. The highest BCUT2D eigenvalue weighted by atomic mass is 32.1. The van der Waals surface area contributed by atoms with Gasteiger partial charge in [-0.1, -0.05) is 19.4 Å². The van der Waals surface area contributed by atoms with Crippen LogP contribution in [0.25, 0.3) is 0 Å². The summed E-state index contributed by atoms with van der Waals surface area (Å²) in [6.45, 7) is 5.07. The van der Waals surface area contributed by atoms with Gasteiger partial charge >= 0.3 is 0 Å². The third-order valence-corrected chi connectivity index (χ3v) is 9.70. The molecular weight excluding hydrogens is 326 g/mol. The van der Waals surface area contributed by atoms with Gasteiger partial charge in [0.05, 0.1) is 4.87 Å². The summed E-state index contributed by atoms with van der Waals surface area (Å²) in [4.78, 5) is 12.1. The summed E-state index contributed by atoms with van der Waals surface area (Å²) in [5.41, 5.74) is 2.26. The Bertz CT molecular complexity index is 638. The van der Waals surface area contributed by atoms with Gasteiger partial charge in [0.25, 0.3) is 0 Å². The van der Waals surface area contributed by atoms with E-state index in [0.717, 1.165) is 30.6 Å². The first kappa shape index (κ1) is 16.9. The molecule has 3 heteroatoms. The molecule has 25 heavy (non-hydrogen) atoms. The molecule has 6 atom stereocenters. The summed E-state index contributed by atoms with van der Waals surface area (Å²) >= 11 is 4.86. The molecule has 1 N–H and O–H groups in total. The average molecular weight is 360 g/mol. The summed E-state index contributed by atoms with van der Waals surface area (Å²) in [5, 5.41) is 3.94. The minimum absolute atomic E-state index is 0.150. The second kappa shape index (κ2) is 5.38. The SMILES string of the molecule is C[C@]12CCC(=O)C=C1CCC1C2CC[C@@]2(C)C1CC[C@@H]2NC1(S)CC1. The predicted octanol–water partition coefficient (Wildman–Crippen LogP) is 4.90. The maximum absolute atomic E-state index is 11.9. The molecule has 5 aliphatic carbocycles.